The smallest absolute Gasteiger partial charge is 0.191 e. The number of nitrogens with one attached hydrogen (secondary N) is 2. The lowest BCUT2D eigenvalue weighted by Crippen LogP contribution is -2.43. The van der Waals surface area contributed by atoms with E-state index in [-0.39, 0.29) is 37.2 Å². The Balaban J connectivity index is 0.00000480. The van der Waals surface area contributed by atoms with E-state index < -0.39 is 0 Å². The number of hydrogen-bond acceptors (Lipinski definition) is 5. The summed E-state index contributed by atoms with van der Waals surface area (Å²) in [5.74, 6) is 2.11. The van der Waals surface area contributed by atoms with Gasteiger partial charge in [0, 0.05) is 26.3 Å². The first-order chi connectivity index (χ1) is 14.7. The zero-order valence-electron chi connectivity index (χ0n) is 19.2. The Morgan fingerprint density at radius 1 is 1.13 bits per heavy atom. The Hall–Kier alpha value is -1.26. The second-order valence-electron chi connectivity index (χ2n) is 7.76. The van der Waals surface area contributed by atoms with Crippen LogP contribution >= 0.6 is 24.0 Å². The molecule has 2 rings (SSSR count). The number of hydrogen-bond donors (Lipinski definition) is 3. The van der Waals surface area contributed by atoms with E-state index in [0.29, 0.717) is 23.5 Å². The molecule has 31 heavy (non-hydrogen) atoms. The molecular formula is C23H40IN3O4. The molecule has 7 nitrogen and oxygen atoms in total. The quantitative estimate of drug-likeness (QED) is 0.151. The fraction of sp³-hybridized carbons (Fsp3) is 0.696. The van der Waals surface area contributed by atoms with Gasteiger partial charge in [0.2, 0.25) is 0 Å². The van der Waals surface area contributed by atoms with Crippen LogP contribution in [0.5, 0.6) is 11.5 Å². The standard InChI is InChI=1S/C23H39N3O4.HI/c1-4-24-22(26-18-23(10-6-7-11-23)12-14-29-5-2)25-17-19-8-9-20(30-15-13-27)21(16-19)28-3;/h8-9,16,27H,4-7,10-15,17-18H2,1-3H3,(H2,24,25,26);1H. The molecule has 1 aromatic carbocycles. The van der Waals surface area contributed by atoms with Crippen LogP contribution in [0.4, 0.5) is 0 Å². The zero-order chi connectivity index (χ0) is 21.7. The van der Waals surface area contributed by atoms with Crippen molar-refractivity contribution in [2.24, 2.45) is 10.4 Å². The third-order valence-electron chi connectivity index (χ3n) is 5.62. The van der Waals surface area contributed by atoms with Crippen molar-refractivity contribution in [3.8, 4) is 11.5 Å². The van der Waals surface area contributed by atoms with Crippen LogP contribution in [0.3, 0.4) is 0 Å². The van der Waals surface area contributed by atoms with Crippen LogP contribution in [-0.2, 0) is 11.3 Å². The summed E-state index contributed by atoms with van der Waals surface area (Å²) in [6.07, 6.45) is 6.19. The minimum atomic E-state index is -0.0288. The maximum absolute atomic E-state index is 8.94. The Labute approximate surface area is 204 Å². The summed E-state index contributed by atoms with van der Waals surface area (Å²) >= 11 is 0. The third-order valence-corrected chi connectivity index (χ3v) is 5.62. The van der Waals surface area contributed by atoms with E-state index in [9.17, 15) is 0 Å². The van der Waals surface area contributed by atoms with Crippen molar-refractivity contribution in [1.82, 2.24) is 10.6 Å². The molecular weight excluding hydrogens is 509 g/mol. The maximum atomic E-state index is 8.94. The van der Waals surface area contributed by atoms with E-state index in [2.05, 4.69) is 24.5 Å². The summed E-state index contributed by atoms with van der Waals surface area (Å²) in [5, 5.41) is 15.9. The molecule has 0 saturated heterocycles. The molecule has 8 heteroatoms. The predicted molar refractivity (Wildman–Crippen MR) is 136 cm³/mol. The van der Waals surface area contributed by atoms with Crippen LogP contribution in [-0.4, -0.2) is 57.7 Å². The van der Waals surface area contributed by atoms with Crippen molar-refractivity contribution in [2.45, 2.75) is 52.5 Å². The molecule has 0 atom stereocenters. The number of aliphatic hydroxyl groups excluding tert-OH is 1. The van der Waals surface area contributed by atoms with Crippen LogP contribution in [0.1, 0.15) is 51.5 Å². The molecule has 0 heterocycles. The number of benzene rings is 1. The highest BCUT2D eigenvalue weighted by Gasteiger charge is 2.33. The molecule has 1 aromatic rings. The van der Waals surface area contributed by atoms with Gasteiger partial charge in [0.15, 0.2) is 17.5 Å². The lowest BCUT2D eigenvalue weighted by atomic mass is 9.83. The summed E-state index contributed by atoms with van der Waals surface area (Å²) in [4.78, 5) is 4.77. The number of halogens is 1. The van der Waals surface area contributed by atoms with Crippen LogP contribution in [0.2, 0.25) is 0 Å². The minimum Gasteiger partial charge on any atom is -0.493 e. The lowest BCUT2D eigenvalue weighted by molar-refractivity contribution is 0.105. The SMILES string of the molecule is CCNC(=NCc1ccc(OCCO)c(OC)c1)NCC1(CCOCC)CCCC1.I. The highest BCUT2D eigenvalue weighted by atomic mass is 127. The van der Waals surface area contributed by atoms with E-state index in [4.69, 9.17) is 24.3 Å². The van der Waals surface area contributed by atoms with Gasteiger partial charge in [-0.2, -0.15) is 0 Å². The summed E-state index contributed by atoms with van der Waals surface area (Å²) < 4.78 is 16.5. The Kier molecular flexibility index (Phi) is 13.9. The molecule has 1 saturated carbocycles. The summed E-state index contributed by atoms with van der Waals surface area (Å²) in [6, 6.07) is 5.77. The van der Waals surface area contributed by atoms with Gasteiger partial charge in [-0.05, 0) is 56.2 Å². The van der Waals surface area contributed by atoms with E-state index in [1.807, 2.05) is 18.2 Å². The molecule has 1 fully saturated rings. The number of methoxy groups -OCH3 is 1. The lowest BCUT2D eigenvalue weighted by Gasteiger charge is -2.30. The fourth-order valence-corrected chi connectivity index (χ4v) is 3.94. The maximum Gasteiger partial charge on any atom is 0.191 e. The van der Waals surface area contributed by atoms with Gasteiger partial charge in [-0.3, -0.25) is 0 Å². The second kappa shape index (κ2) is 15.5. The Morgan fingerprint density at radius 2 is 1.90 bits per heavy atom. The normalized spacial score (nSPS) is 15.3. The van der Waals surface area contributed by atoms with Gasteiger partial charge >= 0.3 is 0 Å². The topological polar surface area (TPSA) is 84.3 Å². The van der Waals surface area contributed by atoms with Gasteiger partial charge in [0.05, 0.1) is 20.3 Å². The monoisotopic (exact) mass is 549 g/mol. The molecule has 178 valence electrons. The second-order valence-corrected chi connectivity index (χ2v) is 7.76. The Morgan fingerprint density at radius 3 is 2.55 bits per heavy atom. The van der Waals surface area contributed by atoms with Gasteiger partial charge in [0.25, 0.3) is 0 Å². The number of rotatable bonds is 13. The first-order valence-corrected chi connectivity index (χ1v) is 11.2. The average molecular weight is 549 g/mol. The van der Waals surface area contributed by atoms with E-state index in [0.717, 1.165) is 44.2 Å². The largest absolute Gasteiger partial charge is 0.493 e. The van der Waals surface area contributed by atoms with Crippen molar-refractivity contribution in [2.75, 3.05) is 46.6 Å². The predicted octanol–water partition coefficient (Wildman–Crippen LogP) is 3.73. The van der Waals surface area contributed by atoms with E-state index in [1.54, 1.807) is 7.11 Å². The van der Waals surface area contributed by atoms with Crippen LogP contribution in [0.25, 0.3) is 0 Å². The van der Waals surface area contributed by atoms with Gasteiger partial charge < -0.3 is 30.0 Å². The number of ether oxygens (including phenoxy) is 3. The highest BCUT2D eigenvalue weighted by Crippen LogP contribution is 2.40. The van der Waals surface area contributed by atoms with E-state index in [1.165, 1.54) is 25.7 Å². The number of nitrogens with zero attached hydrogens (tertiary/aromatic N) is 1. The van der Waals surface area contributed by atoms with Crippen molar-refractivity contribution in [3.05, 3.63) is 23.8 Å². The van der Waals surface area contributed by atoms with Gasteiger partial charge in [-0.15, -0.1) is 24.0 Å². The molecule has 0 amide bonds. The zero-order valence-corrected chi connectivity index (χ0v) is 21.6. The molecule has 0 aliphatic heterocycles. The number of aliphatic imine (C=N–C) groups is 1. The first-order valence-electron chi connectivity index (χ1n) is 11.2. The molecule has 0 spiro atoms. The molecule has 1 aliphatic rings. The van der Waals surface area contributed by atoms with Gasteiger partial charge in [-0.25, -0.2) is 4.99 Å². The van der Waals surface area contributed by atoms with Crippen LogP contribution in [0.15, 0.2) is 23.2 Å². The Bertz CT molecular complexity index is 652. The summed E-state index contributed by atoms with van der Waals surface area (Å²) in [7, 11) is 1.61. The first kappa shape index (κ1) is 27.8. The van der Waals surface area contributed by atoms with Crippen molar-refractivity contribution in [3.63, 3.8) is 0 Å². The average Bonchev–Trinajstić information content (AvgIpc) is 3.23. The molecule has 0 radical (unpaired) electrons. The molecule has 1 aliphatic carbocycles. The molecule has 0 aromatic heterocycles. The van der Waals surface area contributed by atoms with Crippen molar-refractivity contribution >= 4 is 29.9 Å². The fourth-order valence-electron chi connectivity index (χ4n) is 3.94. The summed E-state index contributed by atoms with van der Waals surface area (Å²) in [5.41, 5.74) is 1.34. The molecule has 0 bridgehead atoms. The molecule has 3 N–H and O–H groups in total. The van der Waals surface area contributed by atoms with Crippen LogP contribution in [0, 0.1) is 5.41 Å². The number of aliphatic hydroxyl groups is 1. The van der Waals surface area contributed by atoms with Crippen LogP contribution < -0.4 is 20.1 Å². The highest BCUT2D eigenvalue weighted by molar-refractivity contribution is 14.0. The van der Waals surface area contributed by atoms with Gasteiger partial charge in [-0.1, -0.05) is 18.9 Å². The third kappa shape index (κ3) is 9.41. The minimum absolute atomic E-state index is 0. The van der Waals surface area contributed by atoms with Crippen molar-refractivity contribution in [1.29, 1.82) is 0 Å². The van der Waals surface area contributed by atoms with E-state index >= 15 is 0 Å². The van der Waals surface area contributed by atoms with Gasteiger partial charge in [0.1, 0.15) is 6.61 Å². The number of guanidine groups is 1. The summed E-state index contributed by atoms with van der Waals surface area (Å²) in [6.45, 7) is 8.23. The molecule has 0 unspecified atom stereocenters. The van der Waals surface area contributed by atoms with Crippen molar-refractivity contribution < 1.29 is 19.3 Å².